The van der Waals surface area contributed by atoms with Gasteiger partial charge in [0.25, 0.3) is 0 Å². The average Bonchev–Trinajstić information content (AvgIpc) is 2.88. The lowest BCUT2D eigenvalue weighted by Gasteiger charge is -2.25. The molecule has 0 aliphatic heterocycles. The average molecular weight is 253 g/mol. The lowest BCUT2D eigenvalue weighted by Crippen LogP contribution is -2.38. The highest BCUT2D eigenvalue weighted by Gasteiger charge is 2.40. The van der Waals surface area contributed by atoms with E-state index in [-0.39, 0.29) is 5.78 Å². The van der Waals surface area contributed by atoms with Crippen molar-refractivity contribution in [1.82, 2.24) is 4.98 Å². The lowest BCUT2D eigenvalue weighted by molar-refractivity contribution is -0.139. The molecular weight excluding hydrogens is 234 g/mol. The molecule has 4 heteroatoms. The van der Waals surface area contributed by atoms with Gasteiger partial charge in [0.05, 0.1) is 12.1 Å². The molecule has 94 valence electrons. The molecule has 0 aromatic carbocycles. The minimum atomic E-state index is -0.520. The van der Waals surface area contributed by atoms with Crippen molar-refractivity contribution in [2.45, 2.75) is 51.6 Å². The number of carbonyl (C=O) groups is 1. The number of methoxy groups -OCH3 is 1. The van der Waals surface area contributed by atoms with Crippen LogP contribution in [-0.2, 0) is 16.0 Å². The Morgan fingerprint density at radius 2 is 2.06 bits per heavy atom. The number of nitrogens with zero attached hydrogens (tertiary/aromatic N) is 1. The van der Waals surface area contributed by atoms with Crippen LogP contribution in [0.25, 0.3) is 0 Å². The molecule has 3 nitrogen and oxygen atoms in total. The van der Waals surface area contributed by atoms with E-state index in [0.717, 1.165) is 36.4 Å². The van der Waals surface area contributed by atoms with E-state index in [1.54, 1.807) is 18.4 Å². The summed E-state index contributed by atoms with van der Waals surface area (Å²) in [4.78, 5) is 18.0. The molecule has 2 rings (SSSR count). The fraction of sp³-hybridized carbons (Fsp3) is 0.692. The predicted octanol–water partition coefficient (Wildman–Crippen LogP) is 2.83. The molecule has 1 aliphatic carbocycles. The third kappa shape index (κ3) is 2.43. The number of rotatable bonds is 4. The van der Waals surface area contributed by atoms with Crippen molar-refractivity contribution >= 4 is 17.1 Å². The standard InChI is InChI=1S/C13H19NO2S/c1-9-10(2)17-12(14-9)8-11(15)13(16-3)6-4-5-7-13/h4-8H2,1-3H3. The highest BCUT2D eigenvalue weighted by molar-refractivity contribution is 7.11. The number of thiazole rings is 1. The van der Waals surface area contributed by atoms with Gasteiger partial charge in [0, 0.05) is 12.0 Å². The molecular formula is C13H19NO2S. The van der Waals surface area contributed by atoms with Gasteiger partial charge in [-0.25, -0.2) is 4.98 Å². The summed E-state index contributed by atoms with van der Waals surface area (Å²) in [5.41, 5.74) is 0.517. The van der Waals surface area contributed by atoms with Gasteiger partial charge in [-0.3, -0.25) is 4.79 Å². The normalized spacial score (nSPS) is 18.5. The summed E-state index contributed by atoms with van der Waals surface area (Å²) < 4.78 is 5.50. The van der Waals surface area contributed by atoms with Gasteiger partial charge in [-0.2, -0.15) is 0 Å². The third-order valence-electron chi connectivity index (χ3n) is 3.69. The molecule has 0 unspecified atom stereocenters. The SMILES string of the molecule is COC1(C(=O)Cc2nc(C)c(C)s2)CCCC1. The van der Waals surface area contributed by atoms with Gasteiger partial charge in [-0.15, -0.1) is 11.3 Å². The zero-order valence-electron chi connectivity index (χ0n) is 10.7. The van der Waals surface area contributed by atoms with E-state index in [4.69, 9.17) is 4.74 Å². The zero-order valence-corrected chi connectivity index (χ0v) is 11.5. The van der Waals surface area contributed by atoms with Gasteiger partial charge in [0.1, 0.15) is 10.6 Å². The minimum Gasteiger partial charge on any atom is -0.370 e. The van der Waals surface area contributed by atoms with E-state index < -0.39 is 5.60 Å². The van der Waals surface area contributed by atoms with Gasteiger partial charge >= 0.3 is 0 Å². The van der Waals surface area contributed by atoms with Crippen LogP contribution in [0.15, 0.2) is 0 Å². The van der Waals surface area contributed by atoms with Crippen LogP contribution in [0.5, 0.6) is 0 Å². The number of Topliss-reactive ketones (excluding diaryl/α,β-unsaturated/α-hetero) is 1. The Balaban J connectivity index is 2.10. The van der Waals surface area contributed by atoms with Crippen molar-refractivity contribution in [3.05, 3.63) is 15.6 Å². The summed E-state index contributed by atoms with van der Waals surface area (Å²) in [6.07, 6.45) is 4.34. The van der Waals surface area contributed by atoms with Gasteiger partial charge in [0.2, 0.25) is 0 Å². The molecule has 0 radical (unpaired) electrons. The second-order valence-electron chi connectivity index (χ2n) is 4.75. The Kier molecular flexibility index (Phi) is 3.64. The zero-order chi connectivity index (χ0) is 12.5. The van der Waals surface area contributed by atoms with Crippen molar-refractivity contribution in [2.24, 2.45) is 0 Å². The molecule has 1 aromatic rings. The quantitative estimate of drug-likeness (QED) is 0.828. The third-order valence-corrected chi connectivity index (χ3v) is 4.77. The monoisotopic (exact) mass is 253 g/mol. The summed E-state index contributed by atoms with van der Waals surface area (Å²) in [5.74, 6) is 0.200. The molecule has 0 saturated heterocycles. The van der Waals surface area contributed by atoms with Crippen LogP contribution in [0.3, 0.4) is 0 Å². The molecule has 17 heavy (non-hydrogen) atoms. The maximum atomic E-state index is 12.3. The molecule has 1 heterocycles. The summed E-state index contributed by atoms with van der Waals surface area (Å²) in [5, 5.41) is 0.924. The Hall–Kier alpha value is -0.740. The number of ketones is 1. The van der Waals surface area contributed by atoms with Crippen molar-refractivity contribution in [3.8, 4) is 0 Å². The molecule has 0 N–H and O–H groups in total. The number of hydrogen-bond acceptors (Lipinski definition) is 4. The van der Waals surface area contributed by atoms with Crippen LogP contribution in [-0.4, -0.2) is 23.5 Å². The van der Waals surface area contributed by atoms with Gasteiger partial charge in [-0.1, -0.05) is 0 Å². The van der Waals surface area contributed by atoms with E-state index in [1.807, 2.05) is 13.8 Å². The van der Waals surface area contributed by atoms with Crippen molar-refractivity contribution in [1.29, 1.82) is 0 Å². The van der Waals surface area contributed by atoms with Crippen molar-refractivity contribution < 1.29 is 9.53 Å². The Morgan fingerprint density at radius 3 is 2.53 bits per heavy atom. The van der Waals surface area contributed by atoms with Crippen LogP contribution in [0.1, 0.15) is 41.3 Å². The van der Waals surface area contributed by atoms with Gasteiger partial charge in [-0.05, 0) is 39.5 Å². The first-order chi connectivity index (χ1) is 8.07. The molecule has 0 amide bonds. The second-order valence-corrected chi connectivity index (χ2v) is 6.04. The number of aromatic nitrogens is 1. The highest BCUT2D eigenvalue weighted by Crippen LogP contribution is 2.34. The predicted molar refractivity (Wildman–Crippen MR) is 68.5 cm³/mol. The summed E-state index contributed by atoms with van der Waals surface area (Å²) in [6.45, 7) is 4.03. The van der Waals surface area contributed by atoms with Crippen LogP contribution in [0, 0.1) is 13.8 Å². The van der Waals surface area contributed by atoms with Crippen LogP contribution < -0.4 is 0 Å². The molecule has 1 fully saturated rings. The minimum absolute atomic E-state index is 0.200. The Labute approximate surface area is 106 Å². The maximum Gasteiger partial charge on any atom is 0.171 e. The fourth-order valence-corrected chi connectivity index (χ4v) is 3.39. The molecule has 0 bridgehead atoms. The summed E-state index contributed by atoms with van der Waals surface area (Å²) in [6, 6.07) is 0. The molecule has 0 spiro atoms. The van der Waals surface area contributed by atoms with Crippen molar-refractivity contribution in [3.63, 3.8) is 0 Å². The number of hydrogen-bond donors (Lipinski definition) is 0. The van der Waals surface area contributed by atoms with Gasteiger partial charge in [0.15, 0.2) is 5.78 Å². The van der Waals surface area contributed by atoms with Crippen LogP contribution >= 0.6 is 11.3 Å². The number of ether oxygens (including phenoxy) is 1. The van der Waals surface area contributed by atoms with E-state index in [0.29, 0.717) is 6.42 Å². The van der Waals surface area contributed by atoms with E-state index in [9.17, 15) is 4.79 Å². The number of carbonyl (C=O) groups excluding carboxylic acids is 1. The highest BCUT2D eigenvalue weighted by atomic mass is 32.1. The van der Waals surface area contributed by atoms with Crippen LogP contribution in [0.4, 0.5) is 0 Å². The number of aryl methyl sites for hydroxylation is 2. The van der Waals surface area contributed by atoms with Crippen LogP contribution in [0.2, 0.25) is 0 Å². The molecule has 0 atom stereocenters. The Bertz CT molecular complexity index is 400. The molecule has 1 saturated carbocycles. The summed E-state index contributed by atoms with van der Waals surface area (Å²) >= 11 is 1.62. The Morgan fingerprint density at radius 1 is 1.41 bits per heavy atom. The largest absolute Gasteiger partial charge is 0.370 e. The first-order valence-electron chi connectivity index (χ1n) is 6.09. The fourth-order valence-electron chi connectivity index (χ4n) is 2.46. The summed E-state index contributed by atoms with van der Waals surface area (Å²) in [7, 11) is 1.65. The first kappa shape index (κ1) is 12.7. The molecule has 1 aliphatic rings. The van der Waals surface area contributed by atoms with E-state index >= 15 is 0 Å². The van der Waals surface area contributed by atoms with E-state index in [1.165, 1.54) is 4.88 Å². The van der Waals surface area contributed by atoms with Gasteiger partial charge < -0.3 is 4.74 Å². The smallest absolute Gasteiger partial charge is 0.171 e. The lowest BCUT2D eigenvalue weighted by atomic mass is 9.94. The van der Waals surface area contributed by atoms with E-state index in [2.05, 4.69) is 4.98 Å². The topological polar surface area (TPSA) is 39.2 Å². The molecule has 1 aromatic heterocycles. The second kappa shape index (κ2) is 4.86. The maximum absolute atomic E-state index is 12.3. The van der Waals surface area contributed by atoms with Crippen molar-refractivity contribution in [2.75, 3.05) is 7.11 Å². The first-order valence-corrected chi connectivity index (χ1v) is 6.90.